The summed E-state index contributed by atoms with van der Waals surface area (Å²) in [5.74, 6) is -3.31. The molecule has 0 radical (unpaired) electrons. The minimum atomic E-state index is -5.00. The molecule has 3 aromatic carbocycles. The minimum absolute atomic E-state index is 0.0618. The van der Waals surface area contributed by atoms with E-state index in [-0.39, 0.29) is 22.4 Å². The smallest absolute Gasteiger partial charge is 0.449 e. The van der Waals surface area contributed by atoms with E-state index in [0.29, 0.717) is 4.47 Å². The summed E-state index contributed by atoms with van der Waals surface area (Å²) in [4.78, 5) is 25.2. The van der Waals surface area contributed by atoms with E-state index in [4.69, 9.17) is 13.9 Å². The van der Waals surface area contributed by atoms with Gasteiger partial charge in [0.15, 0.2) is 0 Å². The molecule has 0 N–H and O–H groups in total. The van der Waals surface area contributed by atoms with Gasteiger partial charge in [-0.25, -0.2) is 4.79 Å². The Balaban J connectivity index is 1.76. The van der Waals surface area contributed by atoms with Crippen LogP contribution in [0.5, 0.6) is 17.2 Å². The first-order valence-corrected chi connectivity index (χ1v) is 10.3. The van der Waals surface area contributed by atoms with Crippen molar-refractivity contribution in [2.75, 3.05) is 0 Å². The van der Waals surface area contributed by atoms with Crippen LogP contribution in [0.4, 0.5) is 13.2 Å². The number of alkyl halides is 3. The highest BCUT2D eigenvalue weighted by Gasteiger charge is 2.40. The Morgan fingerprint density at radius 3 is 2.42 bits per heavy atom. The molecular weight excluding hydrogens is 505 g/mol. The Bertz CT molecular complexity index is 1430. The summed E-state index contributed by atoms with van der Waals surface area (Å²) in [6, 6.07) is 16.2. The standard InChI is InChI=1S/C24H14BrF3O5/c1-13-4-2-7-16(10-13)31-21-20(29)18-9-8-17(12-19(18)33-22(21)24(26,27)28)32-23(30)14-5-3-6-15(25)11-14/h2-12H,1H3. The van der Waals surface area contributed by atoms with Gasteiger partial charge in [0.2, 0.25) is 11.2 Å². The van der Waals surface area contributed by atoms with E-state index < -0.39 is 34.7 Å². The van der Waals surface area contributed by atoms with Crippen LogP contribution in [0.15, 0.2) is 80.4 Å². The number of benzene rings is 3. The van der Waals surface area contributed by atoms with Crippen LogP contribution >= 0.6 is 15.9 Å². The van der Waals surface area contributed by atoms with Crippen LogP contribution in [0, 0.1) is 6.92 Å². The molecule has 4 aromatic rings. The summed E-state index contributed by atoms with van der Waals surface area (Å²) in [6.07, 6.45) is -5.00. The number of rotatable bonds is 4. The van der Waals surface area contributed by atoms with Crippen molar-refractivity contribution in [1.29, 1.82) is 0 Å². The molecule has 0 saturated heterocycles. The monoisotopic (exact) mass is 518 g/mol. The van der Waals surface area contributed by atoms with E-state index in [1.807, 2.05) is 0 Å². The molecule has 9 heteroatoms. The lowest BCUT2D eigenvalue weighted by Gasteiger charge is -2.14. The number of hydrogen-bond acceptors (Lipinski definition) is 5. The quantitative estimate of drug-likeness (QED) is 0.217. The molecule has 0 atom stereocenters. The summed E-state index contributed by atoms with van der Waals surface area (Å²) < 4.78 is 57.3. The molecule has 5 nitrogen and oxygen atoms in total. The SMILES string of the molecule is Cc1cccc(Oc2c(C(F)(F)F)oc3cc(OC(=O)c4cccc(Br)c4)ccc3c2=O)c1. The number of fused-ring (bicyclic) bond motifs is 1. The van der Waals surface area contributed by atoms with Crippen molar-refractivity contribution in [1.82, 2.24) is 0 Å². The fourth-order valence-corrected chi connectivity index (χ4v) is 3.48. The van der Waals surface area contributed by atoms with Crippen LogP contribution in [0.1, 0.15) is 21.7 Å². The highest BCUT2D eigenvalue weighted by Crippen LogP contribution is 2.38. The lowest BCUT2D eigenvalue weighted by molar-refractivity contribution is -0.154. The third kappa shape index (κ3) is 4.93. The lowest BCUT2D eigenvalue weighted by atomic mass is 10.2. The molecule has 4 rings (SSSR count). The highest BCUT2D eigenvalue weighted by atomic mass is 79.9. The molecule has 0 fully saturated rings. The van der Waals surface area contributed by atoms with Gasteiger partial charge in [-0.3, -0.25) is 4.79 Å². The zero-order valence-electron chi connectivity index (χ0n) is 16.9. The summed E-state index contributed by atoms with van der Waals surface area (Å²) in [7, 11) is 0. The van der Waals surface area contributed by atoms with Gasteiger partial charge in [0, 0.05) is 10.5 Å². The zero-order valence-corrected chi connectivity index (χ0v) is 18.5. The van der Waals surface area contributed by atoms with E-state index >= 15 is 0 Å². The van der Waals surface area contributed by atoms with E-state index in [2.05, 4.69) is 15.9 Å². The van der Waals surface area contributed by atoms with E-state index in [1.165, 1.54) is 36.4 Å². The Kier molecular flexibility index (Phi) is 5.99. The number of hydrogen-bond donors (Lipinski definition) is 0. The predicted molar refractivity (Wildman–Crippen MR) is 118 cm³/mol. The summed E-state index contributed by atoms with van der Waals surface area (Å²) in [5.41, 5.74) is -0.439. The lowest BCUT2D eigenvalue weighted by Crippen LogP contribution is -2.15. The summed E-state index contributed by atoms with van der Waals surface area (Å²) in [6.45, 7) is 1.73. The second kappa shape index (κ2) is 8.74. The molecule has 1 aromatic heterocycles. The first-order chi connectivity index (χ1) is 15.6. The van der Waals surface area contributed by atoms with Crippen molar-refractivity contribution in [2.45, 2.75) is 13.1 Å². The molecule has 1 heterocycles. The topological polar surface area (TPSA) is 65.7 Å². The second-order valence-electron chi connectivity index (χ2n) is 7.06. The van der Waals surface area contributed by atoms with E-state index in [0.717, 1.165) is 11.6 Å². The molecule has 33 heavy (non-hydrogen) atoms. The van der Waals surface area contributed by atoms with Crippen LogP contribution in [0.3, 0.4) is 0 Å². The second-order valence-corrected chi connectivity index (χ2v) is 7.98. The summed E-state index contributed by atoms with van der Waals surface area (Å²) in [5, 5.41) is -0.159. The van der Waals surface area contributed by atoms with E-state index in [9.17, 15) is 22.8 Å². The van der Waals surface area contributed by atoms with Crippen molar-refractivity contribution >= 4 is 32.9 Å². The molecular formula is C24H14BrF3O5. The molecule has 0 saturated carbocycles. The zero-order chi connectivity index (χ0) is 23.8. The van der Waals surface area contributed by atoms with Gasteiger partial charge >= 0.3 is 12.1 Å². The van der Waals surface area contributed by atoms with Crippen molar-refractivity contribution in [3.63, 3.8) is 0 Å². The van der Waals surface area contributed by atoms with Crippen molar-refractivity contribution in [3.05, 3.63) is 98.3 Å². The number of ether oxygens (including phenoxy) is 2. The maximum atomic E-state index is 13.7. The van der Waals surface area contributed by atoms with Gasteiger partial charge in [-0.05, 0) is 55.0 Å². The first-order valence-electron chi connectivity index (χ1n) is 9.52. The number of aryl methyl sites for hydroxylation is 1. The van der Waals surface area contributed by atoms with Gasteiger partial charge in [0.05, 0.1) is 10.9 Å². The maximum Gasteiger partial charge on any atom is 0.453 e. The van der Waals surface area contributed by atoms with Crippen LogP contribution in [-0.2, 0) is 6.18 Å². The number of carbonyl (C=O) groups excluding carboxylic acids is 1. The van der Waals surface area contributed by atoms with E-state index in [1.54, 1.807) is 31.2 Å². The van der Waals surface area contributed by atoms with Gasteiger partial charge in [-0.1, -0.05) is 34.1 Å². The van der Waals surface area contributed by atoms with Gasteiger partial charge in [-0.15, -0.1) is 0 Å². The predicted octanol–water partition coefficient (Wildman–Crippen LogP) is 6.89. The molecule has 0 spiro atoms. The van der Waals surface area contributed by atoms with Crippen molar-refractivity contribution in [2.24, 2.45) is 0 Å². The average molecular weight is 519 g/mol. The van der Waals surface area contributed by atoms with Crippen molar-refractivity contribution in [3.8, 4) is 17.2 Å². The minimum Gasteiger partial charge on any atom is -0.449 e. The first kappa shape index (κ1) is 22.6. The molecule has 0 aliphatic heterocycles. The van der Waals surface area contributed by atoms with Crippen LogP contribution in [0.25, 0.3) is 11.0 Å². The molecule has 168 valence electrons. The Labute approximate surface area is 193 Å². The number of carbonyl (C=O) groups is 1. The largest absolute Gasteiger partial charge is 0.453 e. The molecule has 0 bridgehead atoms. The Hall–Kier alpha value is -3.59. The fourth-order valence-electron chi connectivity index (χ4n) is 3.08. The van der Waals surface area contributed by atoms with Gasteiger partial charge in [-0.2, -0.15) is 13.2 Å². The van der Waals surface area contributed by atoms with Gasteiger partial charge in [0.1, 0.15) is 17.1 Å². The van der Waals surface area contributed by atoms with Crippen LogP contribution < -0.4 is 14.9 Å². The fraction of sp³-hybridized carbons (Fsp3) is 0.0833. The molecule has 0 aliphatic rings. The molecule has 0 amide bonds. The summed E-state index contributed by atoms with van der Waals surface area (Å²) >= 11 is 3.24. The number of esters is 1. The van der Waals surface area contributed by atoms with Gasteiger partial charge in [0.25, 0.3) is 5.76 Å². The Morgan fingerprint density at radius 1 is 0.970 bits per heavy atom. The van der Waals surface area contributed by atoms with Crippen LogP contribution in [0.2, 0.25) is 0 Å². The molecule has 0 aliphatic carbocycles. The van der Waals surface area contributed by atoms with Gasteiger partial charge < -0.3 is 13.9 Å². The third-order valence-electron chi connectivity index (χ3n) is 4.56. The highest BCUT2D eigenvalue weighted by molar-refractivity contribution is 9.10. The molecule has 0 unspecified atom stereocenters. The van der Waals surface area contributed by atoms with Crippen molar-refractivity contribution < 1.29 is 31.9 Å². The number of halogens is 4. The van der Waals surface area contributed by atoms with Crippen LogP contribution in [-0.4, -0.2) is 5.97 Å². The maximum absolute atomic E-state index is 13.7. The Morgan fingerprint density at radius 2 is 1.73 bits per heavy atom. The normalized spacial score (nSPS) is 11.4. The third-order valence-corrected chi connectivity index (χ3v) is 5.05. The average Bonchev–Trinajstić information content (AvgIpc) is 2.75.